The number of nitrogens with one attached hydrogen (secondary N) is 2. The Kier molecular flexibility index (Phi) is 5.42. The summed E-state index contributed by atoms with van der Waals surface area (Å²) in [4.78, 5) is 24.4. The van der Waals surface area contributed by atoms with Gasteiger partial charge in [-0.15, -0.1) is 0 Å². The molecule has 0 fully saturated rings. The summed E-state index contributed by atoms with van der Waals surface area (Å²) in [5.74, 6) is 1.37. The Morgan fingerprint density at radius 1 is 1.17 bits per heavy atom. The topological polar surface area (TPSA) is 75.6 Å². The number of H-pyrrole nitrogens is 1. The molecule has 0 aliphatic carbocycles. The Morgan fingerprint density at radius 3 is 2.86 bits per heavy atom. The van der Waals surface area contributed by atoms with E-state index in [1.807, 2.05) is 48.9 Å². The summed E-state index contributed by atoms with van der Waals surface area (Å²) in [5.41, 5.74) is 3.55. The highest BCUT2D eigenvalue weighted by atomic mass is 16.1. The van der Waals surface area contributed by atoms with Crippen molar-refractivity contribution in [2.45, 2.75) is 32.7 Å². The number of pyridine rings is 1. The molecule has 2 N–H and O–H groups in total. The lowest BCUT2D eigenvalue weighted by Gasteiger charge is -2.11. The van der Waals surface area contributed by atoms with E-state index in [4.69, 9.17) is 0 Å². The molecule has 0 atom stereocenters. The molecule has 0 unspecified atom stereocenters. The van der Waals surface area contributed by atoms with E-state index < -0.39 is 0 Å². The molecule has 29 heavy (non-hydrogen) atoms. The van der Waals surface area contributed by atoms with E-state index in [0.29, 0.717) is 18.0 Å². The summed E-state index contributed by atoms with van der Waals surface area (Å²) < 4.78 is 2.15. The first-order chi connectivity index (χ1) is 14.1. The molecule has 0 aliphatic heterocycles. The summed E-state index contributed by atoms with van der Waals surface area (Å²) in [7, 11) is 0. The van der Waals surface area contributed by atoms with Gasteiger partial charge in [0.1, 0.15) is 5.82 Å². The van der Waals surface area contributed by atoms with Gasteiger partial charge < -0.3 is 14.9 Å². The number of nitrogens with zero attached hydrogens (tertiary/aromatic N) is 3. The Hall–Kier alpha value is -3.41. The number of fused-ring (bicyclic) bond motifs is 1. The lowest BCUT2D eigenvalue weighted by atomic mass is 10.1. The van der Waals surface area contributed by atoms with Crippen LogP contribution in [-0.4, -0.2) is 32.0 Å². The quantitative estimate of drug-likeness (QED) is 0.462. The molecule has 1 amide bonds. The standard InChI is InChI=1S/C23H25N5O/c1-16(2)22-25-11-13-28(22)12-3-9-26-23(29)19-5-7-21(27-15-19)17-4-6-20-18(14-17)8-10-24-20/h4-8,10-11,13-16,24H,3,9,12H2,1-2H3,(H,26,29). The number of aromatic amines is 1. The summed E-state index contributed by atoms with van der Waals surface area (Å²) >= 11 is 0. The average Bonchev–Trinajstić information content (AvgIpc) is 3.40. The van der Waals surface area contributed by atoms with E-state index >= 15 is 0 Å². The number of aromatic nitrogens is 4. The molecule has 0 radical (unpaired) electrons. The van der Waals surface area contributed by atoms with Gasteiger partial charge in [-0.2, -0.15) is 0 Å². The average molecular weight is 387 g/mol. The van der Waals surface area contributed by atoms with Crippen LogP contribution in [0.25, 0.3) is 22.2 Å². The molecule has 0 aliphatic rings. The fourth-order valence-electron chi connectivity index (χ4n) is 3.48. The van der Waals surface area contributed by atoms with Crippen LogP contribution in [0.15, 0.2) is 61.2 Å². The fraction of sp³-hybridized carbons (Fsp3) is 0.261. The lowest BCUT2D eigenvalue weighted by molar-refractivity contribution is 0.0952. The predicted molar refractivity (Wildman–Crippen MR) is 115 cm³/mol. The summed E-state index contributed by atoms with van der Waals surface area (Å²) in [6.07, 6.45) is 8.23. The summed E-state index contributed by atoms with van der Waals surface area (Å²) in [6.45, 7) is 5.72. The minimum Gasteiger partial charge on any atom is -0.361 e. The number of imidazole rings is 1. The van der Waals surface area contributed by atoms with Crippen molar-refractivity contribution in [1.29, 1.82) is 0 Å². The number of carbonyl (C=O) groups excluding carboxylic acids is 1. The zero-order valence-electron chi connectivity index (χ0n) is 16.7. The van der Waals surface area contributed by atoms with Crippen LogP contribution in [0.3, 0.4) is 0 Å². The summed E-state index contributed by atoms with van der Waals surface area (Å²) in [6, 6.07) is 11.9. The monoisotopic (exact) mass is 387 g/mol. The zero-order valence-corrected chi connectivity index (χ0v) is 16.7. The minimum absolute atomic E-state index is 0.0974. The van der Waals surface area contributed by atoms with E-state index in [1.54, 1.807) is 6.20 Å². The molecule has 0 bridgehead atoms. The molecule has 4 rings (SSSR count). The van der Waals surface area contributed by atoms with Crippen LogP contribution in [-0.2, 0) is 6.54 Å². The van der Waals surface area contributed by atoms with Gasteiger partial charge in [0, 0.05) is 60.3 Å². The molecular formula is C23H25N5O. The van der Waals surface area contributed by atoms with Crippen molar-refractivity contribution >= 4 is 16.8 Å². The second-order valence-corrected chi connectivity index (χ2v) is 7.45. The van der Waals surface area contributed by atoms with Gasteiger partial charge in [0.15, 0.2) is 0 Å². The molecule has 0 saturated carbocycles. The second kappa shape index (κ2) is 8.31. The highest BCUT2D eigenvalue weighted by Gasteiger charge is 2.09. The van der Waals surface area contributed by atoms with Crippen LogP contribution in [0.1, 0.15) is 42.4 Å². The maximum absolute atomic E-state index is 12.4. The van der Waals surface area contributed by atoms with Gasteiger partial charge in [-0.25, -0.2) is 4.98 Å². The molecule has 0 saturated heterocycles. The Bertz CT molecular complexity index is 1110. The van der Waals surface area contributed by atoms with Gasteiger partial charge in [-0.1, -0.05) is 19.9 Å². The van der Waals surface area contributed by atoms with Gasteiger partial charge >= 0.3 is 0 Å². The van der Waals surface area contributed by atoms with Crippen LogP contribution in [0, 0.1) is 0 Å². The first kappa shape index (κ1) is 18.9. The third kappa shape index (κ3) is 4.21. The number of hydrogen-bond acceptors (Lipinski definition) is 3. The van der Waals surface area contributed by atoms with Crippen molar-refractivity contribution in [3.05, 3.63) is 72.6 Å². The van der Waals surface area contributed by atoms with Gasteiger partial charge in [-0.3, -0.25) is 9.78 Å². The van der Waals surface area contributed by atoms with Crippen molar-refractivity contribution in [3.63, 3.8) is 0 Å². The van der Waals surface area contributed by atoms with Crippen molar-refractivity contribution in [3.8, 4) is 11.3 Å². The fourth-order valence-corrected chi connectivity index (χ4v) is 3.48. The SMILES string of the molecule is CC(C)c1nccn1CCCNC(=O)c1ccc(-c2ccc3[nH]ccc3c2)nc1. The normalized spacial score (nSPS) is 11.3. The van der Waals surface area contributed by atoms with E-state index in [9.17, 15) is 4.79 Å². The van der Waals surface area contributed by atoms with Crippen LogP contribution < -0.4 is 5.32 Å². The van der Waals surface area contributed by atoms with E-state index in [1.165, 1.54) is 0 Å². The largest absolute Gasteiger partial charge is 0.361 e. The first-order valence-electron chi connectivity index (χ1n) is 9.94. The molecule has 3 heterocycles. The van der Waals surface area contributed by atoms with E-state index in [0.717, 1.165) is 41.0 Å². The van der Waals surface area contributed by atoms with Crippen molar-refractivity contribution < 1.29 is 4.79 Å². The van der Waals surface area contributed by atoms with Crippen molar-refractivity contribution in [2.24, 2.45) is 0 Å². The number of rotatable bonds is 7. The van der Waals surface area contributed by atoms with Crippen LogP contribution >= 0.6 is 0 Å². The van der Waals surface area contributed by atoms with E-state index in [-0.39, 0.29) is 5.91 Å². The number of benzene rings is 1. The molecule has 3 aromatic heterocycles. The van der Waals surface area contributed by atoms with Crippen LogP contribution in [0.2, 0.25) is 0 Å². The van der Waals surface area contributed by atoms with Crippen molar-refractivity contribution in [2.75, 3.05) is 6.54 Å². The van der Waals surface area contributed by atoms with Crippen LogP contribution in [0.4, 0.5) is 0 Å². The molecule has 4 aromatic rings. The maximum Gasteiger partial charge on any atom is 0.252 e. The molecule has 6 heteroatoms. The molecule has 6 nitrogen and oxygen atoms in total. The predicted octanol–water partition coefficient (Wildman–Crippen LogP) is 4.37. The third-order valence-corrected chi connectivity index (χ3v) is 5.00. The maximum atomic E-state index is 12.4. The molecule has 1 aromatic carbocycles. The number of carbonyl (C=O) groups is 1. The van der Waals surface area contributed by atoms with Gasteiger partial charge in [0.25, 0.3) is 5.91 Å². The van der Waals surface area contributed by atoms with E-state index in [2.05, 4.69) is 44.7 Å². The zero-order chi connectivity index (χ0) is 20.2. The van der Waals surface area contributed by atoms with Crippen LogP contribution in [0.5, 0.6) is 0 Å². The number of hydrogen-bond donors (Lipinski definition) is 2. The number of aryl methyl sites for hydroxylation is 1. The molecule has 148 valence electrons. The Labute approximate surface area is 170 Å². The first-order valence-corrected chi connectivity index (χ1v) is 9.94. The van der Waals surface area contributed by atoms with Gasteiger partial charge in [0.2, 0.25) is 0 Å². The Balaban J connectivity index is 1.32. The lowest BCUT2D eigenvalue weighted by Crippen LogP contribution is -2.25. The third-order valence-electron chi connectivity index (χ3n) is 5.00. The highest BCUT2D eigenvalue weighted by Crippen LogP contribution is 2.22. The smallest absolute Gasteiger partial charge is 0.252 e. The van der Waals surface area contributed by atoms with Gasteiger partial charge in [-0.05, 0) is 36.8 Å². The molecular weight excluding hydrogens is 362 g/mol. The molecule has 0 spiro atoms. The summed E-state index contributed by atoms with van der Waals surface area (Å²) in [5, 5.41) is 4.12. The second-order valence-electron chi connectivity index (χ2n) is 7.45. The number of amides is 1. The highest BCUT2D eigenvalue weighted by molar-refractivity contribution is 5.94. The van der Waals surface area contributed by atoms with Crippen molar-refractivity contribution in [1.82, 2.24) is 24.8 Å². The Morgan fingerprint density at radius 2 is 2.07 bits per heavy atom. The minimum atomic E-state index is -0.0974. The van der Waals surface area contributed by atoms with Gasteiger partial charge in [0.05, 0.1) is 11.3 Å².